The number of aromatic nitrogens is 12. The van der Waals surface area contributed by atoms with Crippen molar-refractivity contribution >= 4 is 84.8 Å². The number of esters is 1. The molecule has 7 aromatic carbocycles. The largest absolute Gasteiger partial charge is 0.465 e. The molecule has 1 aliphatic carbocycles. The molecule has 0 unspecified atom stereocenters. The van der Waals surface area contributed by atoms with Crippen molar-refractivity contribution < 1.29 is 37.1 Å². The highest BCUT2D eigenvalue weighted by Gasteiger charge is 2.30. The summed E-state index contributed by atoms with van der Waals surface area (Å²) in [6.45, 7) is 5.09. The average molecular weight is 1640 g/mol. The number of aryl methyl sites for hydroxylation is 6. The number of nitrogens with two attached hydrogens (primary N) is 1. The molecule has 16 aromatic rings. The van der Waals surface area contributed by atoms with Crippen LogP contribution in [0.4, 0.5) is 30.6 Å². The Morgan fingerprint density at radius 2 is 0.777 bits per heavy atom. The molecule has 2 amide bonds. The average Bonchev–Trinajstić information content (AvgIpc) is 1.62. The number of ether oxygens (including phenoxy) is 1. The number of hydrogen-bond donors (Lipinski definition) is 6. The number of anilines is 3. The van der Waals surface area contributed by atoms with E-state index in [1.54, 1.807) is 75.0 Å². The van der Waals surface area contributed by atoms with Gasteiger partial charge in [-0.25, -0.2) is 47.9 Å². The normalized spacial score (nSPS) is 13.0. The molecule has 3 aliphatic heterocycles. The number of carbonyl (C=O) groups excluding carboxylic acids is 4. The van der Waals surface area contributed by atoms with Crippen LogP contribution in [0, 0.1) is 23.4 Å². The highest BCUT2D eigenvalue weighted by molar-refractivity contribution is 6.64. The summed E-state index contributed by atoms with van der Waals surface area (Å²) in [5.74, 6) is 2.65. The van der Waals surface area contributed by atoms with Crippen LogP contribution in [0.25, 0.3) is 100 Å². The monoisotopic (exact) mass is 1640 g/mol. The van der Waals surface area contributed by atoms with Crippen molar-refractivity contribution in [3.63, 3.8) is 0 Å². The van der Waals surface area contributed by atoms with E-state index >= 15 is 13.2 Å². The molecule has 26 heteroatoms. The molecule has 12 heterocycles. The standard InChI is InChI=1S/C35H31FN6O.C35H30FN5O2.C21H19FN6O.C4H5ClO/c1-37-35(43)28-19-38-34(42(20-23-10-4-2-5-11-23)21-24-12-6-3-7-13-24)33-27(28)18-29(40-33)25-14-8-15-26(32(25)36)30-22-41-17-9-16-31(41)39-30;1-43-35(42)28-19-37-34(41(20-23-10-4-2-5-11-23)21-24-12-6-3-7-13-24)33-27(28)18-29(39-33)25-14-8-15-26(32(25)36)30-22-40-17-9-16-31(40)38-30;1-24-21(29)14-9-25-20(23)19-13(14)8-15(27-19)11-4-2-5-12(18(11)22)16-10-28-7-3-6-17(28)26-16;5-4(6)3-1-2-3/h2-8,10-15,18-19,22,40H,9,16-17,20-21H2,1H3,(H,37,43);2-8,10-15,18-19,22,39H,9,16-17,20-21H2,1H3;2,4-5,8-10,27H,3,6-7H2,1H3,(H2,23,25)(H,24,29);3H,1-2H2. The molecule has 9 aromatic heterocycles. The first kappa shape index (κ1) is 79.3. The molecule has 608 valence electrons. The summed E-state index contributed by atoms with van der Waals surface area (Å²) in [4.78, 5) is 90.0. The molecule has 0 atom stereocenters. The van der Waals surface area contributed by atoms with E-state index in [1.807, 2.05) is 116 Å². The summed E-state index contributed by atoms with van der Waals surface area (Å²) >= 11 is 5.04. The van der Waals surface area contributed by atoms with Gasteiger partial charge in [-0.3, -0.25) is 14.4 Å². The molecule has 22 nitrogen and oxygen atoms in total. The Hall–Kier alpha value is -14.2. The third-order valence-electron chi connectivity index (χ3n) is 22.4. The summed E-state index contributed by atoms with van der Waals surface area (Å²) in [5.41, 5.74) is 19.4. The van der Waals surface area contributed by atoms with E-state index in [2.05, 4.69) is 108 Å². The van der Waals surface area contributed by atoms with Crippen LogP contribution >= 0.6 is 11.6 Å². The molecule has 121 heavy (non-hydrogen) atoms. The highest BCUT2D eigenvalue weighted by atomic mass is 35.5. The number of nitrogens with zero attached hydrogens (tertiary/aromatic N) is 11. The summed E-state index contributed by atoms with van der Waals surface area (Å²) < 4.78 is 59.3. The second-order valence-electron chi connectivity index (χ2n) is 30.4. The van der Waals surface area contributed by atoms with Gasteiger partial charge in [0.05, 0.1) is 57.4 Å². The van der Waals surface area contributed by atoms with Crippen molar-refractivity contribution in [1.29, 1.82) is 0 Å². The van der Waals surface area contributed by atoms with Gasteiger partial charge in [0.25, 0.3) is 11.8 Å². The lowest BCUT2D eigenvalue weighted by molar-refractivity contribution is -0.112. The fourth-order valence-corrected chi connectivity index (χ4v) is 16.3. The Bertz CT molecular complexity index is 6130. The maximum absolute atomic E-state index is 16.2. The third kappa shape index (κ3) is 16.6. The van der Waals surface area contributed by atoms with Crippen LogP contribution < -0.4 is 26.2 Å². The maximum Gasteiger partial charge on any atom is 0.340 e. The van der Waals surface area contributed by atoms with E-state index in [9.17, 15) is 19.2 Å². The van der Waals surface area contributed by atoms with Gasteiger partial charge in [-0.05, 0) is 121 Å². The van der Waals surface area contributed by atoms with E-state index in [1.165, 1.54) is 13.3 Å². The predicted molar refractivity (Wildman–Crippen MR) is 465 cm³/mol. The van der Waals surface area contributed by atoms with Crippen molar-refractivity contribution in [2.24, 2.45) is 5.92 Å². The van der Waals surface area contributed by atoms with Gasteiger partial charge in [0.1, 0.15) is 40.7 Å². The third-order valence-corrected chi connectivity index (χ3v) is 22.7. The van der Waals surface area contributed by atoms with Crippen molar-refractivity contribution in [3.8, 4) is 67.5 Å². The van der Waals surface area contributed by atoms with Gasteiger partial charge < -0.3 is 59.6 Å². The van der Waals surface area contributed by atoms with Gasteiger partial charge >= 0.3 is 5.97 Å². The SMILES string of the molecule is CNC(=O)c1cnc(N(Cc2ccccc2)Cc2ccccc2)c2[nH]c(-c3cccc(-c4cn5c(n4)CCC5)c3F)cc12.CNC(=O)c1cnc(N)c2[nH]c(-c3cccc(-c4cn5c(n4)CCC5)c3F)cc12.COC(=O)c1cnc(N(Cc2ccccc2)Cc2ccccc2)c2[nH]c(-c3cccc(-c4cn5c(n4)CCC5)c3F)cc12.O=C(Cl)C1CC1. The van der Waals surface area contributed by atoms with Gasteiger partial charge in [-0.15, -0.1) is 0 Å². The number of aromatic amines is 3. The number of rotatable bonds is 20. The second-order valence-corrected chi connectivity index (χ2v) is 30.7. The fourth-order valence-electron chi connectivity index (χ4n) is 16.1. The Morgan fingerprint density at radius 3 is 1.10 bits per heavy atom. The number of fused-ring (bicyclic) bond motifs is 6. The van der Waals surface area contributed by atoms with Gasteiger partial charge in [0.2, 0.25) is 5.24 Å². The van der Waals surface area contributed by atoms with Crippen LogP contribution in [-0.2, 0) is 74.6 Å². The molecule has 1 saturated carbocycles. The first-order chi connectivity index (χ1) is 59.0. The number of benzene rings is 7. The molecule has 4 aliphatic rings. The first-order valence-corrected chi connectivity index (χ1v) is 40.7. The Labute approximate surface area is 699 Å². The number of nitrogen functional groups attached to an aromatic ring is 1. The van der Waals surface area contributed by atoms with Gasteiger partial charge in [-0.1, -0.05) is 140 Å². The minimum atomic E-state index is -0.506. The quantitative estimate of drug-likeness (QED) is 0.0306. The van der Waals surface area contributed by atoms with E-state index < -0.39 is 5.97 Å². The van der Waals surface area contributed by atoms with Crippen molar-refractivity contribution in [2.75, 3.05) is 36.7 Å². The predicted octanol–water partition coefficient (Wildman–Crippen LogP) is 18.2. The number of halogens is 4. The first-order valence-electron chi connectivity index (χ1n) is 40.3. The smallest absolute Gasteiger partial charge is 0.340 e. The lowest BCUT2D eigenvalue weighted by Gasteiger charge is -2.25. The van der Waals surface area contributed by atoms with Crippen LogP contribution in [-0.4, -0.2) is 103 Å². The molecule has 0 spiro atoms. The molecular weight excluding hydrogens is 1550 g/mol. The maximum atomic E-state index is 16.2. The van der Waals surface area contributed by atoms with Gasteiger partial charge in [-0.2, -0.15) is 0 Å². The summed E-state index contributed by atoms with van der Waals surface area (Å²) in [7, 11) is 4.49. The number of carbonyl (C=O) groups is 4. The topological polar surface area (TPSA) is 274 Å². The Kier molecular flexibility index (Phi) is 22.8. The number of nitrogens with one attached hydrogen (secondary N) is 5. The number of amides is 2. The Morgan fingerprint density at radius 1 is 0.455 bits per heavy atom. The molecule has 1 fully saturated rings. The zero-order valence-electron chi connectivity index (χ0n) is 66.7. The number of imidazole rings is 3. The summed E-state index contributed by atoms with van der Waals surface area (Å²) in [6.07, 6.45) is 18.3. The Balaban J connectivity index is 0.000000127. The zero-order chi connectivity index (χ0) is 83.4. The van der Waals surface area contributed by atoms with E-state index in [0.717, 1.165) is 111 Å². The summed E-state index contributed by atoms with van der Waals surface area (Å²) in [6, 6.07) is 62.0. The second kappa shape index (κ2) is 34.8. The number of pyridine rings is 3. The molecule has 0 saturated heterocycles. The number of methoxy groups -OCH3 is 1. The summed E-state index contributed by atoms with van der Waals surface area (Å²) in [5, 5.41) is 7.03. The van der Waals surface area contributed by atoms with Gasteiger partial charge in [0.15, 0.2) is 11.6 Å². The van der Waals surface area contributed by atoms with E-state index in [4.69, 9.17) is 42.0 Å². The van der Waals surface area contributed by atoms with Crippen LogP contribution in [0.15, 0.2) is 231 Å². The molecule has 7 N–H and O–H groups in total. The fraction of sp³-hybridized carbons (Fsp3) is 0.200. The lowest BCUT2D eigenvalue weighted by atomic mass is 10.0. The minimum Gasteiger partial charge on any atom is -0.465 e. The van der Waals surface area contributed by atoms with Crippen molar-refractivity contribution in [2.45, 2.75) is 97.2 Å². The lowest BCUT2D eigenvalue weighted by Crippen LogP contribution is -2.24. The molecule has 20 rings (SSSR count). The van der Waals surface area contributed by atoms with E-state index in [-0.39, 0.29) is 46.2 Å². The van der Waals surface area contributed by atoms with Crippen molar-refractivity contribution in [3.05, 3.63) is 305 Å². The zero-order valence-corrected chi connectivity index (χ0v) is 67.4. The van der Waals surface area contributed by atoms with E-state index in [0.29, 0.717) is 155 Å². The van der Waals surface area contributed by atoms with Crippen LogP contribution in [0.5, 0.6) is 0 Å². The van der Waals surface area contributed by atoms with Crippen LogP contribution in [0.2, 0.25) is 0 Å². The van der Waals surface area contributed by atoms with Crippen LogP contribution in [0.1, 0.15) is 103 Å². The molecular formula is C95H85ClF3N17O5. The number of hydrogen-bond acceptors (Lipinski definition) is 14. The molecule has 0 bridgehead atoms. The van der Waals surface area contributed by atoms with Crippen LogP contribution in [0.3, 0.4) is 0 Å². The molecule has 0 radical (unpaired) electrons. The van der Waals surface area contributed by atoms with Crippen molar-refractivity contribution in [1.82, 2.24) is 69.2 Å². The minimum absolute atomic E-state index is 0.157. The van der Waals surface area contributed by atoms with Gasteiger partial charge in [0, 0.05) is 189 Å². The number of H-pyrrole nitrogens is 3. The highest BCUT2D eigenvalue weighted by Crippen LogP contribution is 2.42.